The van der Waals surface area contributed by atoms with Crippen molar-refractivity contribution in [3.63, 3.8) is 0 Å². The van der Waals surface area contributed by atoms with E-state index in [0.717, 1.165) is 0 Å². The van der Waals surface area contributed by atoms with Gasteiger partial charge in [0, 0.05) is 18.6 Å². The van der Waals surface area contributed by atoms with Crippen molar-refractivity contribution >= 4 is 11.9 Å². The zero-order valence-electron chi connectivity index (χ0n) is 14.1. The third kappa shape index (κ3) is 5.13. The van der Waals surface area contributed by atoms with E-state index in [2.05, 4.69) is 5.32 Å². The molecule has 0 saturated heterocycles. The van der Waals surface area contributed by atoms with Crippen LogP contribution in [0, 0.1) is 0 Å². The van der Waals surface area contributed by atoms with Crippen LogP contribution in [0.3, 0.4) is 0 Å². The van der Waals surface area contributed by atoms with Gasteiger partial charge in [-0.2, -0.15) is 0 Å². The molecular formula is C17H23NO6. The molecule has 1 aromatic rings. The van der Waals surface area contributed by atoms with E-state index in [1.165, 1.54) is 0 Å². The van der Waals surface area contributed by atoms with Crippen LogP contribution in [0.5, 0.6) is 11.5 Å². The number of benzene rings is 1. The lowest BCUT2D eigenvalue weighted by Crippen LogP contribution is -2.42. The third-order valence-electron chi connectivity index (χ3n) is 3.35. The highest BCUT2D eigenvalue weighted by atomic mass is 16.6. The minimum Gasteiger partial charge on any atom is -0.486 e. The molecule has 1 aromatic carbocycles. The van der Waals surface area contributed by atoms with Crippen LogP contribution in [0.25, 0.3) is 0 Å². The predicted molar refractivity (Wildman–Crippen MR) is 86.6 cm³/mol. The van der Waals surface area contributed by atoms with Crippen LogP contribution in [-0.2, 0) is 9.53 Å². The van der Waals surface area contributed by atoms with E-state index in [4.69, 9.17) is 14.2 Å². The maximum absolute atomic E-state index is 12.3. The maximum Gasteiger partial charge on any atom is 0.326 e. The third-order valence-corrected chi connectivity index (χ3v) is 3.35. The van der Waals surface area contributed by atoms with Crippen LogP contribution in [0.1, 0.15) is 37.6 Å². The summed E-state index contributed by atoms with van der Waals surface area (Å²) in [7, 11) is 0. The minimum atomic E-state index is -1.10. The molecule has 7 heteroatoms. The number of ether oxygens (including phenoxy) is 3. The largest absolute Gasteiger partial charge is 0.486 e. The van der Waals surface area contributed by atoms with Crippen LogP contribution in [0.2, 0.25) is 0 Å². The zero-order chi connectivity index (χ0) is 17.7. The normalized spacial score (nSPS) is 14.8. The second-order valence-electron chi connectivity index (χ2n) is 6.47. The van der Waals surface area contributed by atoms with E-state index < -0.39 is 17.9 Å². The van der Waals surface area contributed by atoms with Gasteiger partial charge in [0.2, 0.25) is 0 Å². The van der Waals surface area contributed by atoms with Gasteiger partial charge in [-0.1, -0.05) is 0 Å². The summed E-state index contributed by atoms with van der Waals surface area (Å²) in [5, 5.41) is 11.8. The summed E-state index contributed by atoms with van der Waals surface area (Å²) in [6.45, 7) is 6.78. The Hall–Kier alpha value is -2.28. The Kier molecular flexibility index (Phi) is 5.66. The predicted octanol–water partition coefficient (Wildman–Crippen LogP) is 1.85. The van der Waals surface area contributed by atoms with Gasteiger partial charge in [0.1, 0.15) is 19.3 Å². The van der Waals surface area contributed by atoms with E-state index in [-0.39, 0.29) is 18.6 Å². The number of hydrogen-bond donors (Lipinski definition) is 2. The second-order valence-corrected chi connectivity index (χ2v) is 6.47. The summed E-state index contributed by atoms with van der Waals surface area (Å²) < 4.78 is 16.3. The number of fused-ring (bicyclic) bond motifs is 1. The molecule has 1 aliphatic heterocycles. The molecule has 24 heavy (non-hydrogen) atoms. The number of carboxylic acid groups (broad SMARTS) is 1. The molecule has 0 spiro atoms. The van der Waals surface area contributed by atoms with E-state index in [0.29, 0.717) is 30.3 Å². The van der Waals surface area contributed by atoms with Crippen LogP contribution >= 0.6 is 0 Å². The summed E-state index contributed by atoms with van der Waals surface area (Å²) in [6, 6.07) is 3.75. The Labute approximate surface area is 140 Å². The molecule has 1 aliphatic rings. The first kappa shape index (κ1) is 18.1. The topological polar surface area (TPSA) is 94.1 Å². The van der Waals surface area contributed by atoms with Gasteiger partial charge in [-0.3, -0.25) is 4.79 Å². The molecule has 1 heterocycles. The first-order valence-electron chi connectivity index (χ1n) is 7.83. The monoisotopic (exact) mass is 337 g/mol. The van der Waals surface area contributed by atoms with Crippen molar-refractivity contribution in [1.29, 1.82) is 0 Å². The Morgan fingerprint density at radius 2 is 1.92 bits per heavy atom. The lowest BCUT2D eigenvalue weighted by molar-refractivity contribution is -0.140. The van der Waals surface area contributed by atoms with Crippen LogP contribution in [0.15, 0.2) is 18.2 Å². The molecule has 2 N–H and O–H groups in total. The summed E-state index contributed by atoms with van der Waals surface area (Å²) >= 11 is 0. The number of rotatable bonds is 6. The molecule has 0 saturated carbocycles. The molecule has 0 bridgehead atoms. The lowest BCUT2D eigenvalue weighted by atomic mass is 10.1. The molecule has 0 aliphatic carbocycles. The van der Waals surface area contributed by atoms with E-state index in [1.54, 1.807) is 18.2 Å². The van der Waals surface area contributed by atoms with E-state index in [9.17, 15) is 14.7 Å². The fourth-order valence-electron chi connectivity index (χ4n) is 2.17. The highest BCUT2D eigenvalue weighted by molar-refractivity contribution is 5.97. The second kappa shape index (κ2) is 7.53. The number of hydrogen-bond acceptors (Lipinski definition) is 5. The minimum absolute atomic E-state index is 0.183. The summed E-state index contributed by atoms with van der Waals surface area (Å²) in [4.78, 5) is 23.6. The van der Waals surface area contributed by atoms with Gasteiger partial charge in [-0.15, -0.1) is 0 Å². The van der Waals surface area contributed by atoms with Crippen LogP contribution in [0.4, 0.5) is 0 Å². The quantitative estimate of drug-likeness (QED) is 0.823. The van der Waals surface area contributed by atoms with Gasteiger partial charge in [0.25, 0.3) is 5.91 Å². The van der Waals surface area contributed by atoms with Crippen molar-refractivity contribution in [3.8, 4) is 11.5 Å². The number of carbonyl (C=O) groups is 2. The molecule has 0 fully saturated rings. The van der Waals surface area contributed by atoms with Crippen molar-refractivity contribution in [3.05, 3.63) is 23.8 Å². The van der Waals surface area contributed by atoms with Crippen LogP contribution < -0.4 is 14.8 Å². The van der Waals surface area contributed by atoms with Gasteiger partial charge in [-0.05, 0) is 39.0 Å². The van der Waals surface area contributed by atoms with E-state index >= 15 is 0 Å². The molecule has 2 rings (SSSR count). The average Bonchev–Trinajstić information content (AvgIpc) is 2.52. The van der Waals surface area contributed by atoms with Crippen molar-refractivity contribution in [2.75, 3.05) is 19.8 Å². The Bertz CT molecular complexity index is 608. The maximum atomic E-state index is 12.3. The average molecular weight is 337 g/mol. The summed E-state index contributed by atoms with van der Waals surface area (Å²) in [5.74, 6) is -0.517. The Morgan fingerprint density at radius 3 is 2.54 bits per heavy atom. The van der Waals surface area contributed by atoms with Crippen LogP contribution in [-0.4, -0.2) is 48.4 Å². The Morgan fingerprint density at radius 1 is 1.25 bits per heavy atom. The molecule has 1 atom stereocenters. The highest BCUT2D eigenvalue weighted by Gasteiger charge is 2.23. The van der Waals surface area contributed by atoms with Gasteiger partial charge in [0.05, 0.1) is 5.60 Å². The fourth-order valence-corrected chi connectivity index (χ4v) is 2.17. The first-order valence-corrected chi connectivity index (χ1v) is 7.83. The van der Waals surface area contributed by atoms with Crippen molar-refractivity contribution in [2.24, 2.45) is 0 Å². The molecular weight excluding hydrogens is 314 g/mol. The van der Waals surface area contributed by atoms with Gasteiger partial charge >= 0.3 is 5.97 Å². The molecule has 1 unspecified atom stereocenters. The molecule has 7 nitrogen and oxygen atoms in total. The van der Waals surface area contributed by atoms with Crippen molar-refractivity contribution < 1.29 is 28.9 Å². The van der Waals surface area contributed by atoms with Crippen molar-refractivity contribution in [1.82, 2.24) is 5.32 Å². The number of nitrogens with one attached hydrogen (secondary N) is 1. The van der Waals surface area contributed by atoms with Gasteiger partial charge < -0.3 is 24.6 Å². The number of aliphatic carboxylic acids is 1. The molecule has 0 aromatic heterocycles. The summed E-state index contributed by atoms with van der Waals surface area (Å²) in [6.07, 6.45) is 0.183. The van der Waals surface area contributed by atoms with Gasteiger partial charge in [-0.25, -0.2) is 4.79 Å². The molecule has 132 valence electrons. The fraction of sp³-hybridized carbons (Fsp3) is 0.529. The number of carboxylic acids is 1. The first-order chi connectivity index (χ1) is 11.3. The SMILES string of the molecule is CC(C)(C)OCCC(NC(=O)c1ccc2c(c1)OCCO2)C(=O)O. The summed E-state index contributed by atoms with van der Waals surface area (Å²) in [5.41, 5.74) is -0.0367. The van der Waals surface area contributed by atoms with Crippen molar-refractivity contribution in [2.45, 2.75) is 38.8 Å². The zero-order valence-corrected chi connectivity index (χ0v) is 14.1. The number of carbonyl (C=O) groups excluding carboxylic acids is 1. The lowest BCUT2D eigenvalue weighted by Gasteiger charge is -2.22. The molecule has 0 radical (unpaired) electrons. The Balaban J connectivity index is 1.98. The number of amides is 1. The highest BCUT2D eigenvalue weighted by Crippen LogP contribution is 2.30. The van der Waals surface area contributed by atoms with E-state index in [1.807, 2.05) is 20.8 Å². The smallest absolute Gasteiger partial charge is 0.326 e. The molecule has 1 amide bonds. The standard InChI is InChI=1S/C17H23NO6/c1-17(2,3)24-7-6-12(16(20)21)18-15(19)11-4-5-13-14(10-11)23-9-8-22-13/h4-5,10,12H,6-9H2,1-3H3,(H,18,19)(H,20,21). The van der Waals surface area contributed by atoms with Gasteiger partial charge in [0.15, 0.2) is 11.5 Å².